The number of nitrogens with one attached hydrogen (secondary N) is 1. The van der Waals surface area contributed by atoms with Crippen LogP contribution < -0.4 is 19.9 Å². The van der Waals surface area contributed by atoms with Crippen LogP contribution in [0.3, 0.4) is 0 Å². The van der Waals surface area contributed by atoms with Crippen molar-refractivity contribution in [3.05, 3.63) is 95.1 Å². The number of aliphatic imine (C=N–C) groups is 2. The second-order valence-corrected chi connectivity index (χ2v) is 13.8. The number of allylic oxidation sites excluding steroid dienone is 1. The smallest absolute Gasteiger partial charge is 0.432 e. The van der Waals surface area contributed by atoms with Gasteiger partial charge in [-0.25, -0.2) is 4.99 Å². The van der Waals surface area contributed by atoms with Crippen LogP contribution in [0.4, 0.5) is 18.9 Å². The van der Waals surface area contributed by atoms with Gasteiger partial charge in [0.15, 0.2) is 15.2 Å². The number of ether oxygens (including phenoxy) is 4. The molecule has 6 rings (SSSR count). The van der Waals surface area contributed by atoms with Crippen molar-refractivity contribution in [3.63, 3.8) is 0 Å². The van der Waals surface area contributed by atoms with Crippen LogP contribution in [0.5, 0.6) is 17.2 Å². The molecule has 3 aliphatic heterocycles. The Hall–Kier alpha value is -4.21. The molecule has 0 aromatic heterocycles. The Bertz CT molecular complexity index is 1850. The Morgan fingerprint density at radius 1 is 1.08 bits per heavy atom. The molecule has 3 aromatic rings. The van der Waals surface area contributed by atoms with Gasteiger partial charge in [0.05, 0.1) is 41.3 Å². The number of nitrogens with two attached hydrogens (primary N) is 1. The number of methoxy groups -OCH3 is 1. The van der Waals surface area contributed by atoms with E-state index in [1.807, 2.05) is 16.4 Å². The fraction of sp³-hybridized carbons (Fsp3) is 0.306. The van der Waals surface area contributed by atoms with Crippen LogP contribution in [0.1, 0.15) is 42.0 Å². The Kier molecular flexibility index (Phi) is 10.7. The highest BCUT2D eigenvalue weighted by Gasteiger charge is 2.42. The lowest BCUT2D eigenvalue weighted by Crippen LogP contribution is -2.39. The molecule has 0 radical (unpaired) electrons. The molecule has 1 fully saturated rings. The number of hydrogen-bond acceptors (Lipinski definition) is 9. The summed E-state index contributed by atoms with van der Waals surface area (Å²) in [5.41, 5.74) is 6.75. The zero-order valence-corrected chi connectivity index (χ0v) is 28.7. The SMILES string of the molecule is COc1cc2c(cc1OCCC1CCOCC1)N=CI=C2Oc1cccc(C(=N)C(=O)C(N)C2=CC(C(F)(F)F)=NC2c2ccccc2)c1. The number of rotatable bonds is 12. The van der Waals surface area contributed by atoms with E-state index in [0.29, 0.717) is 44.7 Å². The third-order valence-electron chi connectivity index (χ3n) is 8.47. The van der Waals surface area contributed by atoms with Gasteiger partial charge in [0.2, 0.25) is 5.78 Å². The van der Waals surface area contributed by atoms with Crippen molar-refractivity contribution >= 4 is 51.5 Å². The number of carbonyl (C=O) groups is 1. The lowest BCUT2D eigenvalue weighted by atomic mass is 9.90. The van der Waals surface area contributed by atoms with Crippen molar-refractivity contribution < 1.29 is 36.9 Å². The van der Waals surface area contributed by atoms with Crippen LogP contribution >= 0.6 is 20.7 Å². The highest BCUT2D eigenvalue weighted by molar-refractivity contribution is 14.2. The van der Waals surface area contributed by atoms with Gasteiger partial charge in [-0.2, -0.15) is 13.2 Å². The number of carbonyl (C=O) groups excluding carboxylic acids is 1. The van der Waals surface area contributed by atoms with Crippen molar-refractivity contribution in [2.45, 2.75) is 37.5 Å². The molecule has 3 N–H and O–H groups in total. The van der Waals surface area contributed by atoms with Crippen molar-refractivity contribution in [3.8, 4) is 17.2 Å². The number of alkyl halides is 3. The number of ketones is 1. The van der Waals surface area contributed by atoms with E-state index in [4.69, 9.17) is 30.1 Å². The van der Waals surface area contributed by atoms with Gasteiger partial charge in [0, 0.05) is 24.8 Å². The zero-order chi connectivity index (χ0) is 34.5. The summed E-state index contributed by atoms with van der Waals surface area (Å²) in [4.78, 5) is 21.9. The summed E-state index contributed by atoms with van der Waals surface area (Å²) in [5, 5.41) is 8.67. The van der Waals surface area contributed by atoms with E-state index in [2.05, 4.69) is 9.98 Å². The molecule has 9 nitrogen and oxygen atoms in total. The molecule has 3 heterocycles. The second-order valence-electron chi connectivity index (χ2n) is 11.6. The second kappa shape index (κ2) is 15.1. The van der Waals surface area contributed by atoms with Gasteiger partial charge >= 0.3 is 6.18 Å². The van der Waals surface area contributed by atoms with Crippen LogP contribution in [0.2, 0.25) is 0 Å². The lowest BCUT2D eigenvalue weighted by Gasteiger charge is -2.22. The fourth-order valence-corrected chi connectivity index (χ4v) is 7.63. The van der Waals surface area contributed by atoms with Crippen LogP contribution in [-0.4, -0.2) is 64.3 Å². The monoisotopic (exact) mass is 786 g/mol. The van der Waals surface area contributed by atoms with Gasteiger partial charge in [0.25, 0.3) is 0 Å². The highest BCUT2D eigenvalue weighted by Crippen LogP contribution is 2.40. The quantitative estimate of drug-likeness (QED) is 0.150. The summed E-state index contributed by atoms with van der Waals surface area (Å²) in [7, 11) is 1.57. The number of halogens is 4. The maximum atomic E-state index is 13.6. The van der Waals surface area contributed by atoms with E-state index in [-0.39, 0.29) is 11.1 Å². The average molecular weight is 787 g/mol. The first-order valence-electron chi connectivity index (χ1n) is 15.7. The predicted molar refractivity (Wildman–Crippen MR) is 191 cm³/mol. The summed E-state index contributed by atoms with van der Waals surface area (Å²) in [6, 6.07) is 15.8. The number of Topliss-reactive ketones (excluding diaryl/α,β-unsaturated/α-hetero) is 1. The third kappa shape index (κ3) is 8.00. The summed E-state index contributed by atoms with van der Waals surface area (Å²) >= 11 is -0.771. The summed E-state index contributed by atoms with van der Waals surface area (Å²) in [6.45, 7) is 2.11. The van der Waals surface area contributed by atoms with Gasteiger partial charge in [-0.3, -0.25) is 15.2 Å². The maximum absolute atomic E-state index is 13.6. The first-order chi connectivity index (χ1) is 23.6. The molecule has 3 aliphatic rings. The summed E-state index contributed by atoms with van der Waals surface area (Å²) in [5.74, 6) is 1.25. The highest BCUT2D eigenvalue weighted by atomic mass is 127. The molecule has 0 bridgehead atoms. The van der Waals surface area contributed by atoms with Crippen molar-refractivity contribution in [1.29, 1.82) is 5.41 Å². The van der Waals surface area contributed by atoms with E-state index < -0.39 is 56.2 Å². The van der Waals surface area contributed by atoms with Crippen molar-refractivity contribution in [2.24, 2.45) is 21.6 Å². The molecule has 2 atom stereocenters. The molecule has 0 saturated carbocycles. The minimum Gasteiger partial charge on any atom is -0.493 e. The van der Waals surface area contributed by atoms with Gasteiger partial charge in [-0.1, -0.05) is 42.5 Å². The molecule has 0 amide bonds. The Morgan fingerprint density at radius 3 is 2.59 bits per heavy atom. The zero-order valence-electron chi connectivity index (χ0n) is 26.5. The first-order valence-corrected chi connectivity index (χ1v) is 18.0. The molecule has 256 valence electrons. The van der Waals surface area contributed by atoms with E-state index in [1.54, 1.807) is 55.6 Å². The molecule has 2 unspecified atom stereocenters. The normalized spacial score (nSPS) is 18.3. The van der Waals surface area contributed by atoms with Crippen molar-refractivity contribution in [2.75, 3.05) is 26.9 Å². The third-order valence-corrected chi connectivity index (χ3v) is 10.4. The number of nitrogens with zero attached hydrogens (tertiary/aromatic N) is 2. The van der Waals surface area contributed by atoms with Gasteiger partial charge in [-0.15, -0.1) is 0 Å². The minimum atomic E-state index is -4.72. The molecule has 3 aromatic carbocycles. The van der Waals surface area contributed by atoms with Gasteiger partial charge in [0.1, 0.15) is 17.2 Å². The van der Waals surface area contributed by atoms with Crippen molar-refractivity contribution in [1.82, 2.24) is 0 Å². The van der Waals surface area contributed by atoms with Crippen LogP contribution in [0.25, 0.3) is 0 Å². The largest absolute Gasteiger partial charge is 0.493 e. The van der Waals surface area contributed by atoms with E-state index in [1.165, 1.54) is 6.07 Å². The number of hydrogen-bond donors (Lipinski definition) is 2. The first kappa shape index (κ1) is 34.6. The Labute approximate surface area is 291 Å². The fourth-order valence-electron chi connectivity index (χ4n) is 5.79. The molecule has 0 spiro atoms. The topological polar surface area (TPSA) is 129 Å². The van der Waals surface area contributed by atoms with E-state index in [0.717, 1.165) is 44.1 Å². The van der Waals surface area contributed by atoms with E-state index >= 15 is 0 Å². The van der Waals surface area contributed by atoms with Crippen LogP contribution in [-0.2, 0) is 9.53 Å². The molecule has 13 heteroatoms. The molecule has 49 heavy (non-hydrogen) atoms. The summed E-state index contributed by atoms with van der Waals surface area (Å²) < 4.78 is 66.9. The maximum Gasteiger partial charge on any atom is 0.432 e. The number of benzene rings is 3. The molecule has 1 saturated heterocycles. The Balaban J connectivity index is 1.17. The Morgan fingerprint density at radius 2 is 1.86 bits per heavy atom. The van der Waals surface area contributed by atoms with Gasteiger partial charge < -0.3 is 24.7 Å². The van der Waals surface area contributed by atoms with E-state index in [9.17, 15) is 18.0 Å². The molecule has 0 aliphatic carbocycles. The van der Waals surface area contributed by atoms with Crippen LogP contribution in [0, 0.1) is 11.3 Å². The molecular weight excluding hydrogens is 752 g/mol. The summed E-state index contributed by atoms with van der Waals surface area (Å²) in [6.07, 6.45) is -0.929. The lowest BCUT2D eigenvalue weighted by molar-refractivity contribution is -0.113. The minimum absolute atomic E-state index is 0.0278. The average Bonchev–Trinajstić information content (AvgIpc) is 3.58. The van der Waals surface area contributed by atoms with Crippen LogP contribution in [0.15, 0.2) is 88.4 Å². The predicted octanol–water partition coefficient (Wildman–Crippen LogP) is 7.04. The number of fused-ring (bicyclic) bond motifs is 1. The standard InChI is InChI=1S/C36H34F3IN4O5/c1-46-28-17-25-27(19-29(28)48-15-12-21-10-13-47-14-11-21)43-20-40-35(25)49-24-9-5-8-23(16-24)31(41)34(45)32(42)26-18-30(36(37,38)39)44-33(26)22-6-3-2-4-7-22/h2-9,16-21,32-33,41H,10-15,42H2,1H3. The van der Waals surface area contributed by atoms with Gasteiger partial charge in [-0.05, 0) is 81.3 Å². The molecular formula is C36H34F3IN4O5.